The average Bonchev–Trinajstić information content (AvgIpc) is 2.99. The zero-order chi connectivity index (χ0) is 20.1. The van der Waals surface area contributed by atoms with Crippen molar-refractivity contribution in [3.8, 4) is 0 Å². The van der Waals surface area contributed by atoms with E-state index in [1.807, 2.05) is 30.3 Å². The Balaban J connectivity index is 1.92. The molecule has 1 aromatic heterocycles. The molecule has 0 bridgehead atoms. The molecule has 0 aliphatic heterocycles. The van der Waals surface area contributed by atoms with E-state index in [0.717, 1.165) is 5.56 Å². The summed E-state index contributed by atoms with van der Waals surface area (Å²) in [6.07, 6.45) is -0.832. The van der Waals surface area contributed by atoms with E-state index in [9.17, 15) is 9.90 Å². The number of ether oxygens (including phenoxy) is 1. The topological polar surface area (TPSA) is 102 Å². The van der Waals surface area contributed by atoms with Gasteiger partial charge in [0.15, 0.2) is 5.82 Å². The van der Waals surface area contributed by atoms with Gasteiger partial charge < -0.3 is 20.9 Å². The number of benzene rings is 2. The third-order valence-corrected chi connectivity index (χ3v) is 4.36. The Labute approximate surface area is 167 Å². The van der Waals surface area contributed by atoms with Crippen LogP contribution in [0, 0.1) is 0 Å². The van der Waals surface area contributed by atoms with Crippen molar-refractivity contribution in [1.82, 2.24) is 9.78 Å². The van der Waals surface area contributed by atoms with Crippen LogP contribution in [0.2, 0.25) is 5.02 Å². The maximum Gasteiger partial charge on any atom is 0.345 e. The summed E-state index contributed by atoms with van der Waals surface area (Å²) in [6.45, 7) is 2.00. The Morgan fingerprint density at radius 2 is 1.93 bits per heavy atom. The van der Waals surface area contributed by atoms with Gasteiger partial charge in [0.25, 0.3) is 0 Å². The van der Waals surface area contributed by atoms with Crippen molar-refractivity contribution in [1.29, 1.82) is 0 Å². The fraction of sp³-hybridized carbons (Fsp3) is 0.200. The molecule has 4 N–H and O–H groups in total. The Morgan fingerprint density at radius 1 is 1.25 bits per heavy atom. The van der Waals surface area contributed by atoms with Crippen molar-refractivity contribution < 1.29 is 14.6 Å². The van der Waals surface area contributed by atoms with Crippen LogP contribution in [0.1, 0.15) is 28.9 Å². The predicted molar refractivity (Wildman–Crippen MR) is 109 cm³/mol. The summed E-state index contributed by atoms with van der Waals surface area (Å²) in [4.78, 5) is 12.4. The average molecular weight is 401 g/mol. The van der Waals surface area contributed by atoms with Crippen LogP contribution in [0.25, 0.3) is 0 Å². The lowest BCUT2D eigenvalue weighted by Gasteiger charge is -2.12. The van der Waals surface area contributed by atoms with E-state index in [0.29, 0.717) is 10.7 Å². The summed E-state index contributed by atoms with van der Waals surface area (Å²) in [7, 11) is 0. The molecule has 0 radical (unpaired) electrons. The first-order chi connectivity index (χ1) is 13.5. The zero-order valence-electron chi connectivity index (χ0n) is 15.3. The van der Waals surface area contributed by atoms with Gasteiger partial charge >= 0.3 is 5.97 Å². The van der Waals surface area contributed by atoms with Gasteiger partial charge in [-0.2, -0.15) is 5.10 Å². The molecular weight excluding hydrogens is 380 g/mol. The summed E-state index contributed by atoms with van der Waals surface area (Å²) in [5.41, 5.74) is 7.70. The summed E-state index contributed by atoms with van der Waals surface area (Å²) < 4.78 is 6.50. The maximum atomic E-state index is 12.4. The molecule has 8 heteroatoms. The predicted octanol–water partition coefficient (Wildman–Crippen LogP) is 3.77. The number of carbonyl (C=O) groups excluding carboxylic acids is 1. The van der Waals surface area contributed by atoms with Crippen LogP contribution in [0.5, 0.6) is 0 Å². The molecule has 7 nitrogen and oxygen atoms in total. The molecule has 0 aliphatic carbocycles. The van der Waals surface area contributed by atoms with Gasteiger partial charge in [0, 0.05) is 10.7 Å². The van der Waals surface area contributed by atoms with Crippen molar-refractivity contribution in [2.45, 2.75) is 19.6 Å². The second-order valence-electron chi connectivity index (χ2n) is 6.07. The number of nitrogens with two attached hydrogens (primary N) is 1. The lowest BCUT2D eigenvalue weighted by Crippen LogP contribution is -2.14. The van der Waals surface area contributed by atoms with Crippen LogP contribution in [0.15, 0.2) is 54.6 Å². The van der Waals surface area contributed by atoms with Crippen LogP contribution in [0.4, 0.5) is 17.3 Å². The molecule has 0 spiro atoms. The summed E-state index contributed by atoms with van der Waals surface area (Å²) >= 11 is 5.91. The number of hydrogen-bond acceptors (Lipinski definition) is 6. The molecule has 28 heavy (non-hydrogen) atoms. The number of halogens is 1. The van der Waals surface area contributed by atoms with E-state index < -0.39 is 12.1 Å². The quantitative estimate of drug-likeness (QED) is 0.522. The largest absolute Gasteiger partial charge is 0.462 e. The third-order valence-electron chi connectivity index (χ3n) is 4.11. The molecular formula is C20H21ClN4O3. The van der Waals surface area contributed by atoms with Gasteiger partial charge in [-0.15, -0.1) is 0 Å². The fourth-order valence-corrected chi connectivity index (χ4v) is 2.85. The van der Waals surface area contributed by atoms with Gasteiger partial charge in [-0.3, -0.25) is 0 Å². The lowest BCUT2D eigenvalue weighted by atomic mass is 10.1. The molecule has 1 heterocycles. The minimum atomic E-state index is -0.832. The molecule has 0 amide bonds. The highest BCUT2D eigenvalue weighted by atomic mass is 35.5. The number of nitrogens with one attached hydrogen (secondary N) is 1. The minimum Gasteiger partial charge on any atom is -0.462 e. The van der Waals surface area contributed by atoms with Crippen LogP contribution in [-0.4, -0.2) is 27.5 Å². The fourth-order valence-electron chi connectivity index (χ4n) is 2.72. The standard InChI is InChI=1S/C20H21ClN4O3/c1-2-28-20(27)17-18(22)25(12-16(26)13-6-4-3-5-7-13)24-19(17)23-15-10-8-14(21)9-11-15/h3-11,16,26H,2,12,22H2,1H3,(H,23,24). The number of aromatic nitrogens is 2. The van der Waals surface area contributed by atoms with E-state index >= 15 is 0 Å². The first kappa shape index (κ1) is 19.7. The molecule has 0 saturated heterocycles. The first-order valence-corrected chi connectivity index (χ1v) is 9.16. The Hall–Kier alpha value is -3.03. The number of rotatable bonds is 7. The molecule has 0 saturated carbocycles. The molecule has 3 rings (SSSR count). The van der Waals surface area contributed by atoms with E-state index in [2.05, 4.69) is 10.4 Å². The highest BCUT2D eigenvalue weighted by Gasteiger charge is 2.25. The molecule has 3 aromatic rings. The molecule has 2 aromatic carbocycles. The highest BCUT2D eigenvalue weighted by molar-refractivity contribution is 6.30. The van der Waals surface area contributed by atoms with Crippen molar-refractivity contribution in [2.75, 3.05) is 17.7 Å². The number of aliphatic hydroxyl groups excluding tert-OH is 1. The molecule has 0 fully saturated rings. The van der Waals surface area contributed by atoms with E-state index in [-0.39, 0.29) is 30.4 Å². The van der Waals surface area contributed by atoms with Gasteiger partial charge in [0.05, 0.1) is 19.3 Å². The zero-order valence-corrected chi connectivity index (χ0v) is 16.1. The number of esters is 1. The number of carbonyl (C=O) groups is 1. The molecule has 146 valence electrons. The van der Waals surface area contributed by atoms with Crippen molar-refractivity contribution in [3.63, 3.8) is 0 Å². The Morgan fingerprint density at radius 3 is 2.57 bits per heavy atom. The van der Waals surface area contributed by atoms with Crippen LogP contribution in [-0.2, 0) is 11.3 Å². The third kappa shape index (κ3) is 4.44. The van der Waals surface area contributed by atoms with Gasteiger partial charge in [0.1, 0.15) is 11.4 Å². The van der Waals surface area contributed by atoms with E-state index in [1.165, 1.54) is 4.68 Å². The monoisotopic (exact) mass is 400 g/mol. The van der Waals surface area contributed by atoms with Gasteiger partial charge in [-0.1, -0.05) is 41.9 Å². The summed E-state index contributed by atoms with van der Waals surface area (Å²) in [5, 5.41) is 18.5. The second kappa shape index (κ2) is 8.77. The highest BCUT2D eigenvalue weighted by Crippen LogP contribution is 2.28. The Bertz CT molecular complexity index is 942. The summed E-state index contributed by atoms with van der Waals surface area (Å²) in [5.74, 6) is -0.222. The Kier molecular flexibility index (Phi) is 6.18. The smallest absolute Gasteiger partial charge is 0.345 e. The number of anilines is 3. The molecule has 1 atom stereocenters. The van der Waals surface area contributed by atoms with Crippen LogP contribution >= 0.6 is 11.6 Å². The maximum absolute atomic E-state index is 12.4. The van der Waals surface area contributed by atoms with Crippen molar-refractivity contribution in [2.24, 2.45) is 0 Å². The van der Waals surface area contributed by atoms with Gasteiger partial charge in [-0.05, 0) is 36.8 Å². The van der Waals surface area contributed by atoms with Crippen molar-refractivity contribution >= 4 is 34.9 Å². The minimum absolute atomic E-state index is 0.0878. The van der Waals surface area contributed by atoms with Crippen LogP contribution in [0.3, 0.4) is 0 Å². The lowest BCUT2D eigenvalue weighted by molar-refractivity contribution is 0.0528. The summed E-state index contributed by atoms with van der Waals surface area (Å²) in [6, 6.07) is 16.1. The molecule has 1 unspecified atom stereocenters. The number of nitrogen functional groups attached to an aromatic ring is 1. The number of hydrogen-bond donors (Lipinski definition) is 3. The van der Waals surface area contributed by atoms with Gasteiger partial charge in [0.2, 0.25) is 0 Å². The van der Waals surface area contributed by atoms with Gasteiger partial charge in [-0.25, -0.2) is 9.48 Å². The first-order valence-electron chi connectivity index (χ1n) is 8.78. The van der Waals surface area contributed by atoms with E-state index in [4.69, 9.17) is 22.1 Å². The molecule has 0 aliphatic rings. The van der Waals surface area contributed by atoms with Crippen molar-refractivity contribution in [3.05, 3.63) is 70.7 Å². The normalized spacial score (nSPS) is 11.8. The van der Waals surface area contributed by atoms with Crippen LogP contribution < -0.4 is 11.1 Å². The number of aliphatic hydroxyl groups is 1. The number of nitrogens with zero attached hydrogens (tertiary/aromatic N) is 2. The van der Waals surface area contributed by atoms with E-state index in [1.54, 1.807) is 31.2 Å². The second-order valence-corrected chi connectivity index (χ2v) is 6.51. The SMILES string of the molecule is CCOC(=O)c1c(Nc2ccc(Cl)cc2)nn(CC(O)c2ccccc2)c1N.